The molecule has 1 unspecified atom stereocenters. The number of aliphatic hydroxyl groups is 1. The van der Waals surface area contributed by atoms with Gasteiger partial charge in [-0.15, -0.1) is 0 Å². The van der Waals surface area contributed by atoms with Gasteiger partial charge in [-0.05, 0) is 57.2 Å². The van der Waals surface area contributed by atoms with E-state index in [0.29, 0.717) is 31.2 Å². The van der Waals surface area contributed by atoms with Crippen molar-refractivity contribution in [1.29, 1.82) is 0 Å². The molecule has 0 aliphatic heterocycles. The first-order chi connectivity index (χ1) is 12.3. The van der Waals surface area contributed by atoms with Crippen LogP contribution in [-0.2, 0) is 4.79 Å². The number of hydrogen-bond acceptors (Lipinski definition) is 4. The van der Waals surface area contributed by atoms with Crippen LogP contribution in [0.15, 0.2) is 24.3 Å². The zero-order valence-corrected chi connectivity index (χ0v) is 15.3. The van der Waals surface area contributed by atoms with E-state index >= 15 is 0 Å². The first-order valence-electron chi connectivity index (χ1n) is 9.07. The van der Waals surface area contributed by atoms with E-state index in [-0.39, 0.29) is 30.6 Å². The fraction of sp³-hybridized carbons (Fsp3) is 0.579. The maximum Gasteiger partial charge on any atom is 0.315 e. The van der Waals surface area contributed by atoms with E-state index < -0.39 is 12.1 Å². The molecular formula is C19H28N2O5. The summed E-state index contributed by atoms with van der Waals surface area (Å²) in [5, 5.41) is 24.7. The number of rotatable bonds is 7. The normalized spacial score (nSPS) is 21.1. The Morgan fingerprint density at radius 3 is 2.31 bits per heavy atom. The molecule has 1 fully saturated rings. The number of aliphatic hydroxyl groups excluding tert-OH is 1. The fourth-order valence-electron chi connectivity index (χ4n) is 3.07. The molecule has 2 rings (SSSR count). The molecule has 0 bridgehead atoms. The highest BCUT2D eigenvalue weighted by atomic mass is 16.5. The van der Waals surface area contributed by atoms with E-state index in [1.165, 1.54) is 0 Å². The van der Waals surface area contributed by atoms with E-state index in [4.69, 9.17) is 9.84 Å². The van der Waals surface area contributed by atoms with Crippen molar-refractivity contribution in [3.63, 3.8) is 0 Å². The number of benzene rings is 1. The van der Waals surface area contributed by atoms with Crippen LogP contribution in [-0.4, -0.2) is 40.9 Å². The Morgan fingerprint density at radius 2 is 1.77 bits per heavy atom. The minimum atomic E-state index is -0.809. The first-order valence-corrected chi connectivity index (χ1v) is 9.07. The van der Waals surface area contributed by atoms with Crippen molar-refractivity contribution in [3.8, 4) is 5.75 Å². The van der Waals surface area contributed by atoms with Crippen molar-refractivity contribution in [2.45, 2.75) is 57.8 Å². The Balaban J connectivity index is 1.72. The highest BCUT2D eigenvalue weighted by Gasteiger charge is 2.26. The lowest BCUT2D eigenvalue weighted by Crippen LogP contribution is -2.45. The molecule has 0 aromatic heterocycles. The third-order valence-corrected chi connectivity index (χ3v) is 4.50. The molecule has 0 spiro atoms. The molecule has 7 heteroatoms. The van der Waals surface area contributed by atoms with Crippen LogP contribution in [0.5, 0.6) is 5.75 Å². The van der Waals surface area contributed by atoms with E-state index in [9.17, 15) is 14.7 Å². The second-order valence-corrected chi connectivity index (χ2v) is 6.99. The summed E-state index contributed by atoms with van der Waals surface area (Å²) in [5.74, 6) is -0.333. The number of ether oxygens (including phenoxy) is 1. The zero-order chi connectivity index (χ0) is 19.1. The van der Waals surface area contributed by atoms with Gasteiger partial charge in [-0.3, -0.25) is 4.79 Å². The molecule has 1 aromatic carbocycles. The van der Waals surface area contributed by atoms with E-state index in [1.54, 1.807) is 24.3 Å². The molecule has 1 aromatic rings. The molecule has 1 aliphatic rings. The average Bonchev–Trinajstić information content (AvgIpc) is 2.60. The molecule has 0 heterocycles. The highest BCUT2D eigenvalue weighted by Crippen LogP contribution is 2.24. The number of carbonyl (C=O) groups excluding carboxylic acids is 1. The molecule has 2 amide bonds. The van der Waals surface area contributed by atoms with Crippen molar-refractivity contribution in [3.05, 3.63) is 29.8 Å². The smallest absolute Gasteiger partial charge is 0.315 e. The van der Waals surface area contributed by atoms with Gasteiger partial charge in [-0.25, -0.2) is 4.79 Å². The van der Waals surface area contributed by atoms with Crippen LogP contribution in [0.2, 0.25) is 0 Å². The molecule has 26 heavy (non-hydrogen) atoms. The lowest BCUT2D eigenvalue weighted by molar-refractivity contribution is -0.142. The van der Waals surface area contributed by atoms with Gasteiger partial charge in [0.25, 0.3) is 0 Å². The summed E-state index contributed by atoms with van der Waals surface area (Å²) in [6.45, 7) is 3.99. The second-order valence-electron chi connectivity index (χ2n) is 6.99. The maximum atomic E-state index is 12.0. The van der Waals surface area contributed by atoms with Gasteiger partial charge in [-0.2, -0.15) is 0 Å². The first kappa shape index (κ1) is 20.0. The van der Waals surface area contributed by atoms with E-state index in [0.717, 1.165) is 5.75 Å². The van der Waals surface area contributed by atoms with Crippen LogP contribution in [0.1, 0.15) is 51.2 Å². The maximum absolute atomic E-state index is 12.0. The monoisotopic (exact) mass is 364 g/mol. The van der Waals surface area contributed by atoms with Gasteiger partial charge >= 0.3 is 12.0 Å². The lowest BCUT2D eigenvalue weighted by Gasteiger charge is -2.27. The third kappa shape index (κ3) is 6.22. The van der Waals surface area contributed by atoms with E-state index in [2.05, 4.69) is 10.6 Å². The molecule has 144 valence electrons. The van der Waals surface area contributed by atoms with Crippen molar-refractivity contribution in [2.75, 3.05) is 6.54 Å². The van der Waals surface area contributed by atoms with Crippen molar-refractivity contribution >= 4 is 12.0 Å². The third-order valence-electron chi connectivity index (χ3n) is 4.50. The fourth-order valence-corrected chi connectivity index (χ4v) is 3.07. The summed E-state index contributed by atoms with van der Waals surface area (Å²) in [6, 6.07) is 6.77. The largest absolute Gasteiger partial charge is 0.491 e. The highest BCUT2D eigenvalue weighted by molar-refractivity contribution is 5.74. The summed E-state index contributed by atoms with van der Waals surface area (Å²) in [7, 11) is 0. The van der Waals surface area contributed by atoms with Crippen LogP contribution in [0.4, 0.5) is 4.79 Å². The summed E-state index contributed by atoms with van der Waals surface area (Å²) in [5.41, 5.74) is 0.698. The minimum absolute atomic E-state index is 0.0183. The minimum Gasteiger partial charge on any atom is -0.491 e. The van der Waals surface area contributed by atoms with Crippen LogP contribution < -0.4 is 15.4 Å². The predicted octanol–water partition coefficient (Wildman–Crippen LogP) is 2.45. The van der Waals surface area contributed by atoms with Crippen molar-refractivity contribution < 1.29 is 24.5 Å². The van der Waals surface area contributed by atoms with Gasteiger partial charge in [0, 0.05) is 12.6 Å². The number of aliphatic carboxylic acids is 1. The average molecular weight is 364 g/mol. The number of hydrogen-bond donors (Lipinski definition) is 4. The topological polar surface area (TPSA) is 108 Å². The van der Waals surface area contributed by atoms with Gasteiger partial charge < -0.3 is 25.6 Å². The zero-order valence-electron chi connectivity index (χ0n) is 15.3. The number of amides is 2. The number of carbonyl (C=O) groups is 2. The molecule has 0 saturated heterocycles. The Kier molecular flexibility index (Phi) is 7.26. The Labute approximate surface area is 153 Å². The van der Waals surface area contributed by atoms with Gasteiger partial charge in [-0.1, -0.05) is 12.1 Å². The van der Waals surface area contributed by atoms with Gasteiger partial charge in [0.15, 0.2) is 0 Å². The molecule has 4 N–H and O–H groups in total. The summed E-state index contributed by atoms with van der Waals surface area (Å²) < 4.78 is 5.56. The van der Waals surface area contributed by atoms with Crippen molar-refractivity contribution in [2.24, 2.45) is 5.92 Å². The predicted molar refractivity (Wildman–Crippen MR) is 97.1 cm³/mol. The number of carboxylic acids is 1. The van der Waals surface area contributed by atoms with Crippen LogP contribution >= 0.6 is 0 Å². The second kappa shape index (κ2) is 9.43. The van der Waals surface area contributed by atoms with Gasteiger partial charge in [0.1, 0.15) is 5.75 Å². The van der Waals surface area contributed by atoms with Crippen LogP contribution in [0.3, 0.4) is 0 Å². The number of carboxylic acid groups (broad SMARTS) is 1. The summed E-state index contributed by atoms with van der Waals surface area (Å²) >= 11 is 0. The molecule has 0 radical (unpaired) electrons. The van der Waals surface area contributed by atoms with Crippen LogP contribution in [0, 0.1) is 5.92 Å². The molecule has 1 saturated carbocycles. The van der Waals surface area contributed by atoms with Crippen molar-refractivity contribution in [1.82, 2.24) is 10.6 Å². The Bertz CT molecular complexity index is 594. The SMILES string of the molecule is CC(C)Oc1ccc(C(O)CNC(=O)NC2CCC(C(=O)O)CC2)cc1. The standard InChI is InChI=1S/C19H28N2O5/c1-12(2)26-16-9-5-13(6-10-16)17(22)11-20-19(25)21-15-7-3-14(4-8-15)18(23)24/h5-6,9-10,12,14-15,17,22H,3-4,7-8,11H2,1-2H3,(H,23,24)(H2,20,21,25). The Morgan fingerprint density at radius 1 is 1.15 bits per heavy atom. The summed E-state index contributed by atoms with van der Waals surface area (Å²) in [6.07, 6.45) is 1.74. The molecule has 1 atom stereocenters. The lowest BCUT2D eigenvalue weighted by atomic mass is 9.86. The molecular weight excluding hydrogens is 336 g/mol. The van der Waals surface area contributed by atoms with Gasteiger partial charge in [0.05, 0.1) is 18.1 Å². The molecule has 7 nitrogen and oxygen atoms in total. The number of nitrogens with one attached hydrogen (secondary N) is 2. The number of urea groups is 1. The van der Waals surface area contributed by atoms with Gasteiger partial charge in [0.2, 0.25) is 0 Å². The Hall–Kier alpha value is -2.28. The molecule has 1 aliphatic carbocycles. The van der Waals surface area contributed by atoms with Crippen LogP contribution in [0.25, 0.3) is 0 Å². The summed E-state index contributed by atoms with van der Waals surface area (Å²) in [4.78, 5) is 22.9. The quantitative estimate of drug-likeness (QED) is 0.594. The van der Waals surface area contributed by atoms with E-state index in [1.807, 2.05) is 13.8 Å².